The van der Waals surface area contributed by atoms with Gasteiger partial charge in [0.15, 0.2) is 0 Å². The number of fused-ring (bicyclic) bond motifs is 1. The molecular weight excluding hydrogens is 386 g/mol. The number of carbonyl (C=O) groups excluding carboxylic acids is 1. The van der Waals surface area contributed by atoms with Gasteiger partial charge in [0.05, 0.1) is 13.2 Å². The molecule has 2 N–H and O–H groups in total. The van der Waals surface area contributed by atoms with E-state index in [0.29, 0.717) is 18.4 Å². The van der Waals surface area contributed by atoms with Crippen molar-refractivity contribution in [3.05, 3.63) is 108 Å². The Labute approximate surface area is 182 Å². The van der Waals surface area contributed by atoms with Crippen LogP contribution in [0.3, 0.4) is 0 Å². The highest BCUT2D eigenvalue weighted by atomic mass is 16.5. The van der Waals surface area contributed by atoms with E-state index in [1.807, 2.05) is 84.9 Å². The molecule has 0 bridgehead atoms. The van der Waals surface area contributed by atoms with Gasteiger partial charge in [-0.05, 0) is 46.5 Å². The van der Waals surface area contributed by atoms with Crippen LogP contribution in [0.4, 0.5) is 0 Å². The van der Waals surface area contributed by atoms with Gasteiger partial charge in [0.2, 0.25) is 5.91 Å². The predicted octanol–water partition coefficient (Wildman–Crippen LogP) is 5.39. The van der Waals surface area contributed by atoms with Crippen LogP contribution in [-0.2, 0) is 11.2 Å². The Hall–Kier alpha value is -3.79. The molecule has 4 rings (SSSR count). The van der Waals surface area contributed by atoms with Gasteiger partial charge in [-0.25, -0.2) is 0 Å². The summed E-state index contributed by atoms with van der Waals surface area (Å²) < 4.78 is 5.19. The molecule has 0 fully saturated rings. The van der Waals surface area contributed by atoms with Crippen molar-refractivity contribution in [1.29, 1.82) is 0 Å². The van der Waals surface area contributed by atoms with Gasteiger partial charge in [0.1, 0.15) is 11.5 Å². The summed E-state index contributed by atoms with van der Waals surface area (Å²) in [5, 5.41) is 15.8. The normalized spacial score (nSPS) is 11.8. The van der Waals surface area contributed by atoms with Crippen LogP contribution in [0.25, 0.3) is 10.8 Å². The number of amides is 1. The van der Waals surface area contributed by atoms with Crippen LogP contribution in [0, 0.1) is 0 Å². The van der Waals surface area contributed by atoms with E-state index in [0.717, 1.165) is 27.6 Å². The molecule has 0 heterocycles. The average Bonchev–Trinajstić information content (AvgIpc) is 2.82. The SMILES string of the molecule is COc1ccc(CCC(=O)NC(c2ccccc2)c2c(O)ccc3ccccc23)cc1. The number of hydrogen-bond donors (Lipinski definition) is 2. The Morgan fingerprint density at radius 2 is 1.61 bits per heavy atom. The third-order valence-corrected chi connectivity index (χ3v) is 5.47. The lowest BCUT2D eigenvalue weighted by Crippen LogP contribution is -2.29. The number of nitrogens with one attached hydrogen (secondary N) is 1. The number of methoxy groups -OCH3 is 1. The van der Waals surface area contributed by atoms with E-state index in [4.69, 9.17) is 4.74 Å². The number of ether oxygens (including phenoxy) is 1. The summed E-state index contributed by atoms with van der Waals surface area (Å²) in [5.41, 5.74) is 2.70. The van der Waals surface area contributed by atoms with Gasteiger partial charge < -0.3 is 15.2 Å². The van der Waals surface area contributed by atoms with Crippen LogP contribution < -0.4 is 10.1 Å². The zero-order chi connectivity index (χ0) is 21.6. The van der Waals surface area contributed by atoms with Crippen LogP contribution in [0.15, 0.2) is 91.0 Å². The molecule has 4 nitrogen and oxygen atoms in total. The summed E-state index contributed by atoms with van der Waals surface area (Å²) in [4.78, 5) is 12.9. The molecule has 0 aliphatic heterocycles. The van der Waals surface area contributed by atoms with Gasteiger partial charge in [-0.3, -0.25) is 4.79 Å². The number of rotatable bonds is 7. The molecule has 1 unspecified atom stereocenters. The Morgan fingerprint density at radius 1 is 0.903 bits per heavy atom. The van der Waals surface area contributed by atoms with Gasteiger partial charge in [0.25, 0.3) is 0 Å². The zero-order valence-electron chi connectivity index (χ0n) is 17.4. The van der Waals surface area contributed by atoms with Gasteiger partial charge in [-0.1, -0.05) is 72.8 Å². The minimum atomic E-state index is -0.448. The Bertz CT molecular complexity index is 1170. The van der Waals surface area contributed by atoms with Crippen LogP contribution in [0.1, 0.15) is 29.2 Å². The molecule has 0 saturated carbocycles. The first-order chi connectivity index (χ1) is 15.2. The lowest BCUT2D eigenvalue weighted by Gasteiger charge is -2.22. The molecule has 156 valence electrons. The molecule has 4 heteroatoms. The third-order valence-electron chi connectivity index (χ3n) is 5.47. The second-order valence-corrected chi connectivity index (χ2v) is 7.48. The second-order valence-electron chi connectivity index (χ2n) is 7.48. The molecule has 31 heavy (non-hydrogen) atoms. The molecule has 0 aliphatic rings. The standard InChI is InChI=1S/C27H25NO3/c1-31-22-15-11-19(12-16-22)13-18-25(30)28-27(21-8-3-2-4-9-21)26-23-10-6-5-7-20(23)14-17-24(26)29/h2-12,14-17,27,29H,13,18H2,1H3,(H,28,30). The molecule has 1 atom stereocenters. The number of phenolic OH excluding ortho intramolecular Hbond substituents is 1. The van der Waals surface area contributed by atoms with E-state index < -0.39 is 6.04 Å². The number of aromatic hydroxyl groups is 1. The monoisotopic (exact) mass is 411 g/mol. The smallest absolute Gasteiger partial charge is 0.221 e. The minimum absolute atomic E-state index is 0.0722. The molecule has 0 radical (unpaired) electrons. The minimum Gasteiger partial charge on any atom is -0.508 e. The van der Waals surface area contributed by atoms with Gasteiger partial charge in [0, 0.05) is 12.0 Å². The third kappa shape index (κ3) is 4.69. The van der Waals surface area contributed by atoms with Crippen LogP contribution in [0.5, 0.6) is 11.5 Å². The fraction of sp³-hybridized carbons (Fsp3) is 0.148. The van der Waals surface area contributed by atoms with Crippen molar-refractivity contribution in [2.75, 3.05) is 7.11 Å². The van der Waals surface area contributed by atoms with Crippen molar-refractivity contribution in [3.63, 3.8) is 0 Å². The summed E-state index contributed by atoms with van der Waals surface area (Å²) in [5.74, 6) is 0.892. The highest BCUT2D eigenvalue weighted by Gasteiger charge is 2.22. The first-order valence-electron chi connectivity index (χ1n) is 10.3. The molecule has 1 amide bonds. The van der Waals surface area contributed by atoms with Crippen molar-refractivity contribution in [2.45, 2.75) is 18.9 Å². The molecule has 4 aromatic rings. The predicted molar refractivity (Wildman–Crippen MR) is 123 cm³/mol. The van der Waals surface area contributed by atoms with Crippen molar-refractivity contribution in [3.8, 4) is 11.5 Å². The first kappa shape index (κ1) is 20.5. The molecular formula is C27H25NO3. The van der Waals surface area contributed by atoms with Crippen LogP contribution >= 0.6 is 0 Å². The quantitative estimate of drug-likeness (QED) is 0.429. The molecule has 4 aromatic carbocycles. The van der Waals surface area contributed by atoms with Gasteiger partial charge in [-0.15, -0.1) is 0 Å². The van der Waals surface area contributed by atoms with Crippen molar-refractivity contribution in [1.82, 2.24) is 5.32 Å². The summed E-state index contributed by atoms with van der Waals surface area (Å²) >= 11 is 0. The van der Waals surface area contributed by atoms with Gasteiger partial charge >= 0.3 is 0 Å². The van der Waals surface area contributed by atoms with Crippen LogP contribution in [-0.4, -0.2) is 18.1 Å². The van der Waals surface area contributed by atoms with Crippen molar-refractivity contribution in [2.24, 2.45) is 0 Å². The Balaban J connectivity index is 1.61. The summed E-state index contributed by atoms with van der Waals surface area (Å²) in [6.07, 6.45) is 0.972. The average molecular weight is 412 g/mol. The summed E-state index contributed by atoms with van der Waals surface area (Å²) in [7, 11) is 1.63. The van der Waals surface area contributed by atoms with E-state index in [2.05, 4.69) is 5.32 Å². The molecule has 0 saturated heterocycles. The number of hydrogen-bond acceptors (Lipinski definition) is 3. The Morgan fingerprint density at radius 3 is 2.35 bits per heavy atom. The second kappa shape index (κ2) is 9.35. The zero-order valence-corrected chi connectivity index (χ0v) is 17.4. The summed E-state index contributed by atoms with van der Waals surface area (Å²) in [6, 6.07) is 28.5. The largest absolute Gasteiger partial charge is 0.508 e. The van der Waals surface area contributed by atoms with E-state index in [1.54, 1.807) is 13.2 Å². The van der Waals surface area contributed by atoms with Crippen LogP contribution in [0.2, 0.25) is 0 Å². The first-order valence-corrected chi connectivity index (χ1v) is 10.3. The highest BCUT2D eigenvalue weighted by Crippen LogP contribution is 2.35. The molecule has 0 aromatic heterocycles. The maximum Gasteiger partial charge on any atom is 0.221 e. The number of benzene rings is 4. The fourth-order valence-corrected chi connectivity index (χ4v) is 3.84. The van der Waals surface area contributed by atoms with Crippen molar-refractivity contribution < 1.29 is 14.6 Å². The maximum atomic E-state index is 12.9. The topological polar surface area (TPSA) is 58.6 Å². The maximum absolute atomic E-state index is 12.9. The number of aryl methyl sites for hydroxylation is 1. The van der Waals surface area contributed by atoms with E-state index >= 15 is 0 Å². The lowest BCUT2D eigenvalue weighted by atomic mass is 9.92. The summed E-state index contributed by atoms with van der Waals surface area (Å²) in [6.45, 7) is 0. The van der Waals surface area contributed by atoms with Crippen molar-refractivity contribution >= 4 is 16.7 Å². The fourth-order valence-electron chi connectivity index (χ4n) is 3.84. The number of phenols is 1. The van der Waals surface area contributed by atoms with E-state index in [-0.39, 0.29) is 11.7 Å². The lowest BCUT2D eigenvalue weighted by molar-refractivity contribution is -0.121. The van der Waals surface area contributed by atoms with Gasteiger partial charge in [-0.2, -0.15) is 0 Å². The molecule has 0 spiro atoms. The molecule has 0 aliphatic carbocycles. The number of carbonyl (C=O) groups is 1. The highest BCUT2D eigenvalue weighted by molar-refractivity contribution is 5.89. The van der Waals surface area contributed by atoms with E-state index in [1.165, 1.54) is 0 Å². The van der Waals surface area contributed by atoms with E-state index in [9.17, 15) is 9.90 Å². The Kier molecular flexibility index (Phi) is 6.18.